The molecule has 0 aromatic heterocycles. The van der Waals surface area contributed by atoms with Gasteiger partial charge in [0.2, 0.25) is 0 Å². The smallest absolute Gasteiger partial charge is 0.163 e. The molecule has 5 nitrogen and oxygen atoms in total. The maximum Gasteiger partial charge on any atom is 0.163 e. The van der Waals surface area contributed by atoms with E-state index in [0.717, 1.165) is 5.57 Å². The van der Waals surface area contributed by atoms with Crippen molar-refractivity contribution in [2.45, 2.75) is 6.42 Å². The number of hydrogen-bond donors (Lipinski definition) is 0. The molecule has 23 heavy (non-hydrogen) atoms. The van der Waals surface area contributed by atoms with Crippen molar-refractivity contribution < 1.29 is 14.3 Å². The summed E-state index contributed by atoms with van der Waals surface area (Å²) in [6.45, 7) is 0.978. The highest BCUT2D eigenvalue weighted by atomic mass is 35.5. The van der Waals surface area contributed by atoms with Crippen LogP contribution in [-0.2, 0) is 4.79 Å². The van der Waals surface area contributed by atoms with Crippen LogP contribution in [0.5, 0.6) is 11.5 Å². The van der Waals surface area contributed by atoms with Gasteiger partial charge in [0.25, 0.3) is 0 Å². The van der Waals surface area contributed by atoms with Gasteiger partial charge < -0.3 is 19.3 Å². The summed E-state index contributed by atoms with van der Waals surface area (Å²) in [5.74, 6) is 1.10. The highest BCUT2D eigenvalue weighted by molar-refractivity contribution is 6.41. The highest BCUT2D eigenvalue weighted by Crippen LogP contribution is 2.46. The van der Waals surface area contributed by atoms with Crippen molar-refractivity contribution in [2.24, 2.45) is 0 Å². The topological polar surface area (TPSA) is 42.0 Å². The third-order valence-electron chi connectivity index (χ3n) is 3.61. The zero-order chi connectivity index (χ0) is 17.1. The molecule has 126 valence electrons. The van der Waals surface area contributed by atoms with Gasteiger partial charge in [0.15, 0.2) is 5.78 Å². The molecular weight excluding hydrogens is 339 g/mol. The number of hydrogen-bond acceptors (Lipinski definition) is 5. The van der Waals surface area contributed by atoms with Crippen molar-refractivity contribution in [3.05, 3.63) is 27.9 Å². The summed E-state index contributed by atoms with van der Waals surface area (Å²) in [4.78, 5) is 15.9. The molecule has 0 spiro atoms. The second-order valence-corrected chi connectivity index (χ2v) is 6.23. The summed E-state index contributed by atoms with van der Waals surface area (Å²) in [7, 11) is 6.84. The second-order valence-electron chi connectivity index (χ2n) is 5.47. The Hall–Kier alpha value is -1.59. The fourth-order valence-corrected chi connectivity index (χ4v) is 3.28. The number of halogens is 2. The number of benzene rings is 1. The van der Waals surface area contributed by atoms with Crippen LogP contribution in [0.15, 0.2) is 17.8 Å². The minimum absolute atomic E-state index is 0.136. The molecule has 0 aliphatic carbocycles. The number of ketones is 1. The van der Waals surface area contributed by atoms with Crippen LogP contribution in [0.25, 0.3) is 0 Å². The lowest BCUT2D eigenvalue weighted by Gasteiger charge is -2.32. The first-order valence-corrected chi connectivity index (χ1v) is 7.89. The number of carbonyl (C=O) groups is 1. The zero-order valence-electron chi connectivity index (χ0n) is 13.7. The fraction of sp³-hybridized carbons (Fsp3) is 0.438. The molecule has 1 aromatic carbocycles. The Kier molecular flexibility index (Phi) is 5.65. The first-order valence-electron chi connectivity index (χ1n) is 7.14. The van der Waals surface area contributed by atoms with E-state index in [1.54, 1.807) is 6.07 Å². The van der Waals surface area contributed by atoms with Crippen molar-refractivity contribution >= 4 is 34.7 Å². The summed E-state index contributed by atoms with van der Waals surface area (Å²) in [6.07, 6.45) is 2.24. The standard InChI is InChI=1S/C16H20Cl2N2O3/c1-19(2)8-10-9-20(6-5-11(10)21)16-14(17)12(22-3)7-13(23-4)15(16)18/h7-8H,5-6,9H2,1-4H3/b10-8-. The number of ether oxygens (including phenoxy) is 2. The summed E-state index contributed by atoms with van der Waals surface area (Å²) in [5.41, 5.74) is 1.34. The molecule has 1 fully saturated rings. The van der Waals surface area contributed by atoms with E-state index < -0.39 is 0 Å². The van der Waals surface area contributed by atoms with Gasteiger partial charge in [-0.2, -0.15) is 0 Å². The number of rotatable bonds is 4. The largest absolute Gasteiger partial charge is 0.495 e. The monoisotopic (exact) mass is 358 g/mol. The molecule has 1 aromatic rings. The Labute approximate surface area is 146 Å². The van der Waals surface area contributed by atoms with E-state index in [9.17, 15) is 4.79 Å². The zero-order valence-corrected chi connectivity index (χ0v) is 15.2. The number of carbonyl (C=O) groups excluding carboxylic acids is 1. The van der Waals surface area contributed by atoms with Crippen LogP contribution in [0.2, 0.25) is 10.0 Å². The molecule has 0 N–H and O–H groups in total. The molecule has 1 aliphatic heterocycles. The Morgan fingerprint density at radius 1 is 1.17 bits per heavy atom. The average molecular weight is 359 g/mol. The van der Waals surface area contributed by atoms with E-state index in [1.165, 1.54) is 14.2 Å². The molecule has 1 heterocycles. The lowest BCUT2D eigenvalue weighted by molar-refractivity contribution is -0.116. The van der Waals surface area contributed by atoms with Crippen molar-refractivity contribution in [2.75, 3.05) is 46.3 Å². The Morgan fingerprint density at radius 3 is 2.22 bits per heavy atom. The van der Waals surface area contributed by atoms with Crippen molar-refractivity contribution in [3.63, 3.8) is 0 Å². The van der Waals surface area contributed by atoms with Crippen molar-refractivity contribution in [1.29, 1.82) is 0 Å². The summed E-state index contributed by atoms with van der Waals surface area (Å²) in [6, 6.07) is 1.65. The van der Waals surface area contributed by atoms with E-state index in [0.29, 0.717) is 46.7 Å². The lowest BCUT2D eigenvalue weighted by Crippen LogP contribution is -2.36. The van der Waals surface area contributed by atoms with Crippen LogP contribution >= 0.6 is 23.2 Å². The Bertz CT molecular complexity index is 616. The predicted octanol–water partition coefficient (Wildman–Crippen LogP) is 3.24. The highest BCUT2D eigenvalue weighted by Gasteiger charge is 2.28. The van der Waals surface area contributed by atoms with Crippen LogP contribution in [0.4, 0.5) is 5.69 Å². The molecule has 0 atom stereocenters. The van der Waals surface area contributed by atoms with Crippen LogP contribution in [-0.4, -0.2) is 52.1 Å². The van der Waals surface area contributed by atoms with Crippen molar-refractivity contribution in [1.82, 2.24) is 4.90 Å². The van der Waals surface area contributed by atoms with E-state index in [1.807, 2.05) is 30.1 Å². The van der Waals surface area contributed by atoms with Gasteiger partial charge in [0.05, 0.1) is 19.9 Å². The minimum atomic E-state index is 0.136. The first-order chi connectivity index (χ1) is 10.9. The quantitative estimate of drug-likeness (QED) is 0.772. The van der Waals surface area contributed by atoms with E-state index in [2.05, 4.69) is 0 Å². The second kappa shape index (κ2) is 7.32. The third-order valence-corrected chi connectivity index (χ3v) is 4.34. The van der Waals surface area contributed by atoms with Gasteiger partial charge in [0, 0.05) is 51.4 Å². The van der Waals surface area contributed by atoms with Crippen LogP contribution < -0.4 is 14.4 Å². The fourth-order valence-electron chi connectivity index (χ4n) is 2.54. The molecule has 0 saturated carbocycles. The van der Waals surface area contributed by atoms with E-state index in [-0.39, 0.29) is 5.78 Å². The number of piperidine rings is 1. The molecule has 0 radical (unpaired) electrons. The third kappa shape index (κ3) is 3.67. The summed E-state index contributed by atoms with van der Waals surface area (Å²) in [5, 5.41) is 0.828. The van der Waals surface area contributed by atoms with Gasteiger partial charge in [-0.15, -0.1) is 0 Å². The molecular formula is C16H20Cl2N2O3. The van der Waals surface area contributed by atoms with Gasteiger partial charge in [0.1, 0.15) is 21.5 Å². The van der Waals surface area contributed by atoms with Crippen LogP contribution in [0.3, 0.4) is 0 Å². The minimum Gasteiger partial charge on any atom is -0.495 e. The van der Waals surface area contributed by atoms with Gasteiger partial charge in [-0.1, -0.05) is 23.2 Å². The van der Waals surface area contributed by atoms with Crippen LogP contribution in [0, 0.1) is 0 Å². The number of anilines is 1. The number of methoxy groups -OCH3 is 2. The van der Waals surface area contributed by atoms with E-state index in [4.69, 9.17) is 32.7 Å². The van der Waals surface area contributed by atoms with Gasteiger partial charge in [-0.05, 0) is 0 Å². The molecule has 0 amide bonds. The SMILES string of the molecule is COc1cc(OC)c(Cl)c(N2CCC(=O)/C(=C\N(C)C)C2)c1Cl. The molecule has 1 saturated heterocycles. The molecule has 0 bridgehead atoms. The van der Waals surface area contributed by atoms with Crippen LogP contribution in [0.1, 0.15) is 6.42 Å². The number of nitrogens with zero attached hydrogens (tertiary/aromatic N) is 2. The molecule has 7 heteroatoms. The maximum absolute atomic E-state index is 12.1. The predicted molar refractivity (Wildman–Crippen MR) is 93.2 cm³/mol. The van der Waals surface area contributed by atoms with Gasteiger partial charge >= 0.3 is 0 Å². The van der Waals surface area contributed by atoms with Gasteiger partial charge in [-0.25, -0.2) is 0 Å². The van der Waals surface area contributed by atoms with Crippen molar-refractivity contribution in [3.8, 4) is 11.5 Å². The summed E-state index contributed by atoms with van der Waals surface area (Å²) < 4.78 is 10.6. The molecule has 0 unspecified atom stereocenters. The molecule has 2 rings (SSSR count). The summed E-state index contributed by atoms with van der Waals surface area (Å²) >= 11 is 12.9. The maximum atomic E-state index is 12.1. The first kappa shape index (κ1) is 17.8. The normalized spacial score (nSPS) is 16.7. The van der Waals surface area contributed by atoms with E-state index >= 15 is 0 Å². The van der Waals surface area contributed by atoms with Gasteiger partial charge in [-0.3, -0.25) is 4.79 Å². The Balaban J connectivity index is 2.47. The average Bonchev–Trinajstić information content (AvgIpc) is 2.50. The number of Topliss-reactive ketones (excluding diaryl/α,β-unsaturated/α-hetero) is 1. The molecule has 1 aliphatic rings. The Morgan fingerprint density at radius 2 is 1.74 bits per heavy atom. The lowest BCUT2D eigenvalue weighted by atomic mass is 10.0.